The van der Waals surface area contributed by atoms with Crippen LogP contribution in [0.2, 0.25) is 0 Å². The molecule has 3 N–H and O–H groups in total. The van der Waals surface area contributed by atoms with Crippen LogP contribution in [-0.4, -0.2) is 47.1 Å². The number of carbonyl (C=O) groups is 1. The normalized spacial score (nSPS) is 12.4. The van der Waals surface area contributed by atoms with Gasteiger partial charge in [0.15, 0.2) is 0 Å². The van der Waals surface area contributed by atoms with Gasteiger partial charge in [-0.25, -0.2) is 0 Å². The number of hydrogen-bond donors (Lipinski definition) is 3. The maximum Gasteiger partial charge on any atom is 0.269 e. The third kappa shape index (κ3) is 5.47. The van der Waals surface area contributed by atoms with Crippen LogP contribution in [0.4, 0.5) is 0 Å². The van der Waals surface area contributed by atoms with Gasteiger partial charge in [-0.15, -0.1) is 0 Å². The number of rotatable bonds is 8. The molecule has 1 heterocycles. The minimum absolute atomic E-state index is 0.135. The zero-order valence-electron chi connectivity index (χ0n) is 14.4. The second-order valence-electron chi connectivity index (χ2n) is 6.33. The first-order valence-electron chi connectivity index (χ1n) is 8.12. The van der Waals surface area contributed by atoms with Crippen molar-refractivity contribution in [3.05, 3.63) is 41.6 Å². The van der Waals surface area contributed by atoms with Crippen LogP contribution in [0.5, 0.6) is 0 Å². The van der Waals surface area contributed by atoms with Crippen molar-refractivity contribution in [2.45, 2.75) is 26.9 Å². The molecule has 0 bridgehead atoms. The maximum absolute atomic E-state index is 12.1. The van der Waals surface area contributed by atoms with E-state index in [0.29, 0.717) is 23.9 Å². The second kappa shape index (κ2) is 8.61. The largest absolute Gasteiger partial charge is 0.389 e. The van der Waals surface area contributed by atoms with E-state index in [2.05, 4.69) is 15.5 Å². The van der Waals surface area contributed by atoms with Crippen molar-refractivity contribution in [3.63, 3.8) is 0 Å². The summed E-state index contributed by atoms with van der Waals surface area (Å²) in [6, 6.07) is 9.61. The molecule has 1 atom stereocenters. The Hall–Kier alpha value is -2.18. The van der Waals surface area contributed by atoms with Crippen LogP contribution in [0, 0.1) is 12.8 Å². The SMILES string of the molecule is Cc1ccc(-c2cc(C(=O)NCC(O)COCC(C)C)[nH]n2)cc1. The first kappa shape index (κ1) is 18.2. The summed E-state index contributed by atoms with van der Waals surface area (Å²) in [5.41, 5.74) is 3.18. The van der Waals surface area contributed by atoms with Gasteiger partial charge in [0.05, 0.1) is 18.4 Å². The third-order valence-corrected chi connectivity index (χ3v) is 3.43. The lowest BCUT2D eigenvalue weighted by atomic mass is 10.1. The monoisotopic (exact) mass is 331 g/mol. The Balaban J connectivity index is 1.84. The molecule has 1 aromatic heterocycles. The van der Waals surface area contributed by atoms with Gasteiger partial charge in [0.2, 0.25) is 0 Å². The number of aromatic nitrogens is 2. The number of nitrogens with one attached hydrogen (secondary N) is 2. The van der Waals surface area contributed by atoms with Gasteiger partial charge in [-0.05, 0) is 18.9 Å². The lowest BCUT2D eigenvalue weighted by molar-refractivity contribution is 0.0259. The van der Waals surface area contributed by atoms with Crippen molar-refractivity contribution in [2.24, 2.45) is 5.92 Å². The summed E-state index contributed by atoms with van der Waals surface area (Å²) in [7, 11) is 0. The Kier molecular flexibility index (Phi) is 6.52. The minimum Gasteiger partial charge on any atom is -0.389 e. The number of aromatic amines is 1. The van der Waals surface area contributed by atoms with E-state index in [1.165, 1.54) is 5.56 Å². The molecule has 0 aliphatic rings. The van der Waals surface area contributed by atoms with Gasteiger partial charge in [0.1, 0.15) is 5.69 Å². The first-order chi connectivity index (χ1) is 11.5. The van der Waals surface area contributed by atoms with Crippen molar-refractivity contribution in [3.8, 4) is 11.3 Å². The minimum atomic E-state index is -0.729. The van der Waals surface area contributed by atoms with Crippen LogP contribution >= 0.6 is 0 Å². The molecule has 0 aliphatic heterocycles. The lowest BCUT2D eigenvalue weighted by Crippen LogP contribution is -2.35. The zero-order valence-corrected chi connectivity index (χ0v) is 14.4. The summed E-state index contributed by atoms with van der Waals surface area (Å²) in [5, 5.41) is 19.4. The number of aliphatic hydroxyl groups is 1. The fourth-order valence-electron chi connectivity index (χ4n) is 2.11. The van der Waals surface area contributed by atoms with Gasteiger partial charge in [0.25, 0.3) is 5.91 Å². The number of aryl methyl sites for hydroxylation is 1. The number of benzene rings is 1. The number of carbonyl (C=O) groups excluding carboxylic acids is 1. The highest BCUT2D eigenvalue weighted by atomic mass is 16.5. The third-order valence-electron chi connectivity index (χ3n) is 3.43. The summed E-state index contributed by atoms with van der Waals surface area (Å²) in [6.45, 7) is 7.02. The molecular weight excluding hydrogens is 306 g/mol. The Bertz CT molecular complexity index is 650. The average molecular weight is 331 g/mol. The molecule has 0 spiro atoms. The molecular formula is C18H25N3O3. The Morgan fingerprint density at radius 2 is 2.00 bits per heavy atom. The van der Waals surface area contributed by atoms with E-state index in [4.69, 9.17) is 4.74 Å². The zero-order chi connectivity index (χ0) is 17.5. The fraction of sp³-hybridized carbons (Fsp3) is 0.444. The number of amides is 1. The van der Waals surface area contributed by atoms with Gasteiger partial charge in [-0.1, -0.05) is 43.7 Å². The van der Waals surface area contributed by atoms with E-state index in [0.717, 1.165) is 5.56 Å². The molecule has 2 aromatic rings. The van der Waals surface area contributed by atoms with Gasteiger partial charge in [0, 0.05) is 18.7 Å². The van der Waals surface area contributed by atoms with Crippen LogP contribution in [0.15, 0.2) is 30.3 Å². The topological polar surface area (TPSA) is 87.2 Å². The molecule has 0 saturated heterocycles. The number of aliphatic hydroxyl groups excluding tert-OH is 1. The van der Waals surface area contributed by atoms with Crippen LogP contribution in [0.1, 0.15) is 29.9 Å². The van der Waals surface area contributed by atoms with Crippen LogP contribution in [0.3, 0.4) is 0 Å². The molecule has 1 amide bonds. The van der Waals surface area contributed by atoms with Crippen LogP contribution in [0.25, 0.3) is 11.3 Å². The number of H-pyrrole nitrogens is 1. The fourth-order valence-corrected chi connectivity index (χ4v) is 2.11. The average Bonchev–Trinajstić information content (AvgIpc) is 3.03. The lowest BCUT2D eigenvalue weighted by Gasteiger charge is -2.13. The molecule has 1 unspecified atom stereocenters. The highest BCUT2D eigenvalue weighted by molar-refractivity contribution is 5.93. The van der Waals surface area contributed by atoms with Gasteiger partial charge in [-0.3, -0.25) is 9.89 Å². The summed E-state index contributed by atoms with van der Waals surface area (Å²) in [5.74, 6) is 0.112. The smallest absolute Gasteiger partial charge is 0.269 e. The van der Waals surface area contributed by atoms with Crippen molar-refractivity contribution in [2.75, 3.05) is 19.8 Å². The van der Waals surface area contributed by atoms with E-state index >= 15 is 0 Å². The summed E-state index contributed by atoms with van der Waals surface area (Å²) >= 11 is 0. The van der Waals surface area contributed by atoms with E-state index in [1.807, 2.05) is 45.0 Å². The van der Waals surface area contributed by atoms with E-state index < -0.39 is 6.10 Å². The predicted molar refractivity (Wildman–Crippen MR) is 92.8 cm³/mol. The Morgan fingerprint density at radius 1 is 1.29 bits per heavy atom. The molecule has 2 rings (SSSR count). The van der Waals surface area contributed by atoms with Crippen molar-refractivity contribution >= 4 is 5.91 Å². The standard InChI is InChI=1S/C18H25N3O3/c1-12(2)10-24-11-15(22)9-19-18(23)17-8-16(20-21-17)14-6-4-13(3)5-7-14/h4-8,12,15,22H,9-11H2,1-3H3,(H,19,23)(H,20,21). The Morgan fingerprint density at radius 3 is 2.67 bits per heavy atom. The summed E-state index contributed by atoms with van der Waals surface area (Å²) < 4.78 is 5.34. The highest BCUT2D eigenvalue weighted by Crippen LogP contribution is 2.18. The van der Waals surface area contributed by atoms with Crippen LogP contribution in [-0.2, 0) is 4.74 Å². The predicted octanol–water partition coefficient (Wildman–Crippen LogP) is 2.15. The van der Waals surface area contributed by atoms with Crippen molar-refractivity contribution < 1.29 is 14.6 Å². The van der Waals surface area contributed by atoms with E-state index in [-0.39, 0.29) is 19.1 Å². The van der Waals surface area contributed by atoms with Gasteiger partial charge < -0.3 is 15.2 Å². The van der Waals surface area contributed by atoms with Crippen molar-refractivity contribution in [1.29, 1.82) is 0 Å². The molecule has 24 heavy (non-hydrogen) atoms. The second-order valence-corrected chi connectivity index (χ2v) is 6.33. The quantitative estimate of drug-likeness (QED) is 0.692. The summed E-state index contributed by atoms with van der Waals surface area (Å²) in [4.78, 5) is 12.1. The molecule has 130 valence electrons. The molecule has 0 saturated carbocycles. The molecule has 0 aliphatic carbocycles. The Labute approximate surface area is 142 Å². The molecule has 0 radical (unpaired) electrons. The molecule has 6 nitrogen and oxygen atoms in total. The van der Waals surface area contributed by atoms with E-state index in [9.17, 15) is 9.90 Å². The van der Waals surface area contributed by atoms with Crippen molar-refractivity contribution in [1.82, 2.24) is 15.5 Å². The summed E-state index contributed by atoms with van der Waals surface area (Å²) in [6.07, 6.45) is -0.729. The molecule has 6 heteroatoms. The molecule has 0 fully saturated rings. The van der Waals surface area contributed by atoms with E-state index in [1.54, 1.807) is 6.07 Å². The first-order valence-corrected chi connectivity index (χ1v) is 8.12. The number of hydrogen-bond acceptors (Lipinski definition) is 4. The van der Waals surface area contributed by atoms with Gasteiger partial charge in [-0.2, -0.15) is 5.10 Å². The maximum atomic E-state index is 12.1. The number of nitrogens with zero attached hydrogens (tertiary/aromatic N) is 1. The highest BCUT2D eigenvalue weighted by Gasteiger charge is 2.13. The van der Waals surface area contributed by atoms with Gasteiger partial charge >= 0.3 is 0 Å². The molecule has 1 aromatic carbocycles. The van der Waals surface area contributed by atoms with Crippen LogP contribution < -0.4 is 5.32 Å². The number of ether oxygens (including phenoxy) is 1.